The molecule has 0 atom stereocenters. The smallest absolute Gasteiger partial charge is 0.0864 e. The fourth-order valence-corrected chi connectivity index (χ4v) is 3.94. The number of halogens is 1. The summed E-state index contributed by atoms with van der Waals surface area (Å²) in [4.78, 5) is 2.18. The highest BCUT2D eigenvalue weighted by Gasteiger charge is 2.09. The molecule has 0 saturated carbocycles. The van der Waals surface area contributed by atoms with Gasteiger partial charge in [-0.1, -0.05) is 75.7 Å². The predicted molar refractivity (Wildman–Crippen MR) is 97.2 cm³/mol. The topological polar surface area (TPSA) is 32.6 Å². The maximum absolute atomic E-state index is 8.72. The van der Waals surface area contributed by atoms with Crippen LogP contribution < -0.4 is 0 Å². The molecule has 114 valence electrons. The summed E-state index contributed by atoms with van der Waals surface area (Å²) in [5.74, 6) is 0. The lowest BCUT2D eigenvalue weighted by Crippen LogP contribution is -1.83. The third kappa shape index (κ3) is 5.13. The molecule has 0 bridgehead atoms. The van der Waals surface area contributed by atoms with Crippen LogP contribution in [0.5, 0.6) is 0 Å². The maximum atomic E-state index is 8.72. The zero-order chi connectivity index (χ0) is 15.9. The number of oxime groups is 1. The molecule has 5 heteroatoms. The van der Waals surface area contributed by atoms with Gasteiger partial charge in [0, 0.05) is 9.79 Å². The second kappa shape index (κ2) is 8.32. The molecule has 0 aliphatic rings. The summed E-state index contributed by atoms with van der Waals surface area (Å²) in [5, 5.41) is 12.2. The van der Waals surface area contributed by atoms with Crippen molar-refractivity contribution in [2.45, 2.75) is 23.6 Å². The average Bonchev–Trinajstić information content (AvgIpc) is 2.51. The molecular weight excluding hydrogens is 334 g/mol. The minimum Gasteiger partial charge on any atom is -0.411 e. The summed E-state index contributed by atoms with van der Waals surface area (Å²) < 4.78 is 0.868. The van der Waals surface area contributed by atoms with E-state index in [1.54, 1.807) is 23.5 Å². The van der Waals surface area contributed by atoms with Crippen LogP contribution in [-0.4, -0.2) is 11.4 Å². The van der Waals surface area contributed by atoms with E-state index in [1.807, 2.05) is 0 Å². The Balaban J connectivity index is 2.25. The van der Waals surface area contributed by atoms with E-state index >= 15 is 0 Å². The van der Waals surface area contributed by atoms with Crippen molar-refractivity contribution < 1.29 is 5.21 Å². The van der Waals surface area contributed by atoms with Gasteiger partial charge in [0.05, 0.1) is 15.5 Å². The lowest BCUT2D eigenvalue weighted by Gasteiger charge is -2.09. The molecule has 2 nitrogen and oxygen atoms in total. The van der Waals surface area contributed by atoms with E-state index in [1.165, 1.54) is 17.3 Å². The Labute approximate surface area is 144 Å². The minimum absolute atomic E-state index is 0.415. The number of allylic oxidation sites excluding steroid dienone is 1. The summed E-state index contributed by atoms with van der Waals surface area (Å²) in [6.45, 7) is 4.11. The standard InChI is InChI=1S/C17H16ClNOS2/c1-12-3-7-14(8-4-12)21-17(16(18)11-19-20)22-15-9-5-13(2)6-10-15/h3-11,20H,1-2H3/b19-11+. The van der Waals surface area contributed by atoms with Crippen LogP contribution in [0.4, 0.5) is 0 Å². The Morgan fingerprint density at radius 3 is 1.68 bits per heavy atom. The Hall–Kier alpha value is -1.36. The van der Waals surface area contributed by atoms with Gasteiger partial charge in [-0.3, -0.25) is 0 Å². The molecule has 0 fully saturated rings. The predicted octanol–water partition coefficient (Wildman–Crippen LogP) is 6.06. The fraction of sp³-hybridized carbons (Fsp3) is 0.118. The second-order valence-electron chi connectivity index (χ2n) is 4.71. The lowest BCUT2D eigenvalue weighted by atomic mass is 10.2. The van der Waals surface area contributed by atoms with Gasteiger partial charge >= 0.3 is 0 Å². The highest BCUT2D eigenvalue weighted by molar-refractivity contribution is 8.22. The summed E-state index contributed by atoms with van der Waals surface area (Å²) >= 11 is 9.34. The first-order valence-electron chi connectivity index (χ1n) is 6.65. The van der Waals surface area contributed by atoms with E-state index in [9.17, 15) is 0 Å². The molecule has 22 heavy (non-hydrogen) atoms. The van der Waals surface area contributed by atoms with Crippen molar-refractivity contribution in [1.82, 2.24) is 0 Å². The van der Waals surface area contributed by atoms with Crippen LogP contribution in [0.3, 0.4) is 0 Å². The Morgan fingerprint density at radius 2 is 1.32 bits per heavy atom. The van der Waals surface area contributed by atoms with Crippen LogP contribution in [0.15, 0.2) is 72.7 Å². The molecule has 2 aromatic carbocycles. The van der Waals surface area contributed by atoms with Crippen LogP contribution in [0, 0.1) is 13.8 Å². The molecule has 0 spiro atoms. The molecule has 0 radical (unpaired) electrons. The first kappa shape index (κ1) is 17.0. The second-order valence-corrected chi connectivity index (χ2v) is 7.54. The number of benzene rings is 2. The van der Waals surface area contributed by atoms with E-state index in [0.717, 1.165) is 14.0 Å². The van der Waals surface area contributed by atoms with Crippen molar-refractivity contribution in [3.8, 4) is 0 Å². The van der Waals surface area contributed by atoms with Crippen LogP contribution in [0.25, 0.3) is 0 Å². The van der Waals surface area contributed by atoms with Gasteiger partial charge in [0.2, 0.25) is 0 Å². The highest BCUT2D eigenvalue weighted by atomic mass is 35.5. The number of hydrogen-bond donors (Lipinski definition) is 1. The van der Waals surface area contributed by atoms with Gasteiger partial charge in [-0.2, -0.15) is 0 Å². The molecule has 2 aromatic rings. The first-order chi connectivity index (χ1) is 10.6. The van der Waals surface area contributed by atoms with Crippen LogP contribution in [0.1, 0.15) is 11.1 Å². The zero-order valence-electron chi connectivity index (χ0n) is 12.3. The van der Waals surface area contributed by atoms with Crippen molar-refractivity contribution in [1.29, 1.82) is 0 Å². The Bertz CT molecular complexity index is 629. The normalized spacial score (nSPS) is 10.9. The molecule has 0 heterocycles. The van der Waals surface area contributed by atoms with Crippen LogP contribution in [-0.2, 0) is 0 Å². The Morgan fingerprint density at radius 1 is 0.909 bits per heavy atom. The van der Waals surface area contributed by atoms with E-state index in [0.29, 0.717) is 5.03 Å². The Kier molecular flexibility index (Phi) is 6.43. The van der Waals surface area contributed by atoms with E-state index < -0.39 is 0 Å². The summed E-state index contributed by atoms with van der Waals surface area (Å²) in [6.07, 6.45) is 1.25. The van der Waals surface area contributed by atoms with Gasteiger partial charge in [0.15, 0.2) is 0 Å². The van der Waals surface area contributed by atoms with Crippen LogP contribution >= 0.6 is 35.1 Å². The summed E-state index contributed by atoms with van der Waals surface area (Å²) in [6, 6.07) is 16.4. The quantitative estimate of drug-likeness (QED) is 0.308. The molecule has 1 N–H and O–H groups in total. The van der Waals surface area contributed by atoms with Crippen molar-refractivity contribution in [3.63, 3.8) is 0 Å². The van der Waals surface area contributed by atoms with Crippen molar-refractivity contribution in [2.24, 2.45) is 5.16 Å². The molecule has 2 rings (SSSR count). The van der Waals surface area contributed by atoms with Gasteiger partial charge in [0.1, 0.15) is 0 Å². The average molecular weight is 350 g/mol. The molecule has 0 saturated heterocycles. The van der Waals surface area contributed by atoms with E-state index in [4.69, 9.17) is 16.8 Å². The monoisotopic (exact) mass is 349 g/mol. The van der Waals surface area contributed by atoms with Crippen LogP contribution in [0.2, 0.25) is 0 Å². The van der Waals surface area contributed by atoms with Crippen molar-refractivity contribution in [2.75, 3.05) is 0 Å². The minimum atomic E-state index is 0.415. The van der Waals surface area contributed by atoms with Crippen molar-refractivity contribution in [3.05, 3.63) is 68.9 Å². The van der Waals surface area contributed by atoms with Gasteiger partial charge in [0.25, 0.3) is 0 Å². The SMILES string of the molecule is Cc1ccc(SC(Sc2ccc(C)cc2)=C(Cl)/C=N/O)cc1. The molecule has 0 aliphatic heterocycles. The van der Waals surface area contributed by atoms with E-state index in [-0.39, 0.29) is 0 Å². The summed E-state index contributed by atoms with van der Waals surface area (Å²) in [7, 11) is 0. The lowest BCUT2D eigenvalue weighted by molar-refractivity contribution is 0.322. The number of thioether (sulfide) groups is 2. The first-order valence-corrected chi connectivity index (χ1v) is 8.66. The summed E-state index contributed by atoms with van der Waals surface area (Å²) in [5.41, 5.74) is 2.42. The third-order valence-corrected chi connectivity index (χ3v) is 5.67. The van der Waals surface area contributed by atoms with Gasteiger partial charge in [-0.25, -0.2) is 0 Å². The number of nitrogens with zero attached hydrogens (tertiary/aromatic N) is 1. The highest BCUT2D eigenvalue weighted by Crippen LogP contribution is 2.41. The van der Waals surface area contributed by atoms with Gasteiger partial charge in [-0.15, -0.1) is 0 Å². The zero-order valence-corrected chi connectivity index (χ0v) is 14.7. The largest absolute Gasteiger partial charge is 0.411 e. The number of hydrogen-bond acceptors (Lipinski definition) is 4. The van der Waals surface area contributed by atoms with E-state index in [2.05, 4.69) is 67.5 Å². The molecule has 0 unspecified atom stereocenters. The van der Waals surface area contributed by atoms with Gasteiger partial charge < -0.3 is 5.21 Å². The molecular formula is C17H16ClNOS2. The number of aryl methyl sites for hydroxylation is 2. The molecule has 0 aliphatic carbocycles. The molecule has 0 aromatic heterocycles. The van der Waals surface area contributed by atoms with Crippen molar-refractivity contribution >= 4 is 41.3 Å². The number of rotatable bonds is 5. The fourth-order valence-electron chi connectivity index (χ4n) is 1.65. The molecule has 0 amide bonds. The maximum Gasteiger partial charge on any atom is 0.0864 e. The third-order valence-electron chi connectivity index (χ3n) is 2.83. The van der Waals surface area contributed by atoms with Gasteiger partial charge in [-0.05, 0) is 38.1 Å².